The minimum absolute atomic E-state index is 0.0422. The number of hydrogen-bond donors (Lipinski definition) is 2. The summed E-state index contributed by atoms with van der Waals surface area (Å²) in [5.41, 5.74) is 5.77. The van der Waals surface area contributed by atoms with Gasteiger partial charge in [0.2, 0.25) is 0 Å². The van der Waals surface area contributed by atoms with Crippen LogP contribution in [0.5, 0.6) is 5.75 Å². The molecule has 3 N–H and O–H groups in total. The molecular weight excluding hydrogens is 377 g/mol. The number of carbonyl (C=O) groups excluding carboxylic acids is 2. The first kappa shape index (κ1) is 20.7. The maximum atomic E-state index is 13.7. The highest BCUT2D eigenvalue weighted by Gasteiger charge is 2.51. The third kappa shape index (κ3) is 4.07. The van der Waals surface area contributed by atoms with Crippen LogP contribution in [0.3, 0.4) is 0 Å². The Balaban J connectivity index is 1.95. The van der Waals surface area contributed by atoms with E-state index in [1.807, 2.05) is 20.8 Å². The second kappa shape index (κ2) is 7.79. The van der Waals surface area contributed by atoms with Crippen LogP contribution in [-0.4, -0.2) is 35.6 Å². The largest absolute Gasteiger partial charge is 0.496 e. The van der Waals surface area contributed by atoms with Crippen molar-refractivity contribution in [2.45, 2.75) is 38.4 Å². The number of benzene rings is 1. The minimum atomic E-state index is -0.843. The Bertz CT molecular complexity index is 947. The summed E-state index contributed by atoms with van der Waals surface area (Å²) in [5, 5.41) is 2.76. The minimum Gasteiger partial charge on any atom is -0.496 e. The Labute approximate surface area is 168 Å². The van der Waals surface area contributed by atoms with Crippen molar-refractivity contribution in [3.05, 3.63) is 53.6 Å². The highest BCUT2D eigenvalue weighted by atomic mass is 19.1. The molecule has 3 rings (SSSR count). The molecular formula is C21H24FN3O4. The molecule has 29 heavy (non-hydrogen) atoms. The second-order valence-electron chi connectivity index (χ2n) is 7.63. The summed E-state index contributed by atoms with van der Waals surface area (Å²) < 4.78 is 25.1. The van der Waals surface area contributed by atoms with Crippen LogP contribution < -0.4 is 15.8 Å². The van der Waals surface area contributed by atoms with Crippen LogP contribution >= 0.6 is 0 Å². The number of rotatable bonds is 5. The number of primary amides is 1. The van der Waals surface area contributed by atoms with E-state index in [-0.39, 0.29) is 23.4 Å². The van der Waals surface area contributed by atoms with E-state index in [0.29, 0.717) is 17.0 Å². The average molecular weight is 401 g/mol. The molecule has 0 spiro atoms. The molecule has 3 atom stereocenters. The number of aromatic nitrogens is 1. The molecule has 154 valence electrons. The molecule has 0 radical (unpaired) electrons. The number of anilines is 1. The number of methoxy groups -OCH3 is 1. The van der Waals surface area contributed by atoms with E-state index >= 15 is 0 Å². The zero-order valence-corrected chi connectivity index (χ0v) is 16.7. The van der Waals surface area contributed by atoms with Crippen molar-refractivity contribution in [1.29, 1.82) is 0 Å². The van der Waals surface area contributed by atoms with Crippen molar-refractivity contribution in [2.75, 3.05) is 12.4 Å². The third-order valence-electron chi connectivity index (χ3n) is 5.49. The van der Waals surface area contributed by atoms with Gasteiger partial charge >= 0.3 is 0 Å². The lowest BCUT2D eigenvalue weighted by molar-refractivity contribution is -0.131. The summed E-state index contributed by atoms with van der Waals surface area (Å²) in [6.45, 7) is 5.80. The quantitative estimate of drug-likeness (QED) is 0.802. The lowest BCUT2D eigenvalue weighted by Crippen LogP contribution is -2.33. The highest BCUT2D eigenvalue weighted by molar-refractivity contribution is 5.97. The Morgan fingerprint density at radius 1 is 1.28 bits per heavy atom. The van der Waals surface area contributed by atoms with E-state index in [0.717, 1.165) is 0 Å². The number of ether oxygens (including phenoxy) is 2. The van der Waals surface area contributed by atoms with Crippen LogP contribution in [0.1, 0.15) is 42.7 Å². The lowest BCUT2D eigenvalue weighted by atomic mass is 9.78. The van der Waals surface area contributed by atoms with Gasteiger partial charge in [-0.25, -0.2) is 4.39 Å². The van der Waals surface area contributed by atoms with Crippen LogP contribution in [0.4, 0.5) is 10.1 Å². The standard InChI is InChI=1S/C21H24FN3O4/c1-11-17(14-6-5-12(22)9-16(14)28-4)18(29-21(11,2)3)20(27)25-13-7-8-24-15(10-13)19(23)26/h5-11,17-18H,1-4H3,(H2,23,26)(H,24,25,27)/t11-,17+,18+/m1/s1. The van der Waals surface area contributed by atoms with Crippen LogP contribution in [0.2, 0.25) is 0 Å². The number of nitrogens with zero attached hydrogens (tertiary/aromatic N) is 1. The van der Waals surface area contributed by atoms with Crippen molar-refractivity contribution in [3.63, 3.8) is 0 Å². The van der Waals surface area contributed by atoms with Crippen molar-refractivity contribution in [2.24, 2.45) is 11.7 Å². The van der Waals surface area contributed by atoms with E-state index in [2.05, 4.69) is 10.3 Å². The molecule has 1 aliphatic rings. The summed E-state index contributed by atoms with van der Waals surface area (Å²) in [4.78, 5) is 28.3. The Morgan fingerprint density at radius 3 is 2.66 bits per heavy atom. The molecule has 7 nitrogen and oxygen atoms in total. The van der Waals surface area contributed by atoms with Gasteiger partial charge in [0.1, 0.15) is 23.4 Å². The first-order valence-electron chi connectivity index (χ1n) is 9.22. The van der Waals surface area contributed by atoms with Gasteiger partial charge in [0.05, 0.1) is 12.7 Å². The molecule has 0 saturated carbocycles. The van der Waals surface area contributed by atoms with Crippen molar-refractivity contribution < 1.29 is 23.5 Å². The maximum Gasteiger partial charge on any atom is 0.267 e. The predicted molar refractivity (Wildman–Crippen MR) is 105 cm³/mol. The molecule has 2 aromatic rings. The van der Waals surface area contributed by atoms with Gasteiger partial charge in [-0.1, -0.05) is 13.0 Å². The smallest absolute Gasteiger partial charge is 0.267 e. The first-order valence-corrected chi connectivity index (χ1v) is 9.22. The van der Waals surface area contributed by atoms with Gasteiger partial charge in [-0.15, -0.1) is 0 Å². The molecule has 0 unspecified atom stereocenters. The Hall–Kier alpha value is -3.00. The number of halogens is 1. The van der Waals surface area contributed by atoms with E-state index in [1.165, 1.54) is 31.5 Å². The van der Waals surface area contributed by atoms with E-state index in [1.54, 1.807) is 12.1 Å². The topological polar surface area (TPSA) is 104 Å². The summed E-state index contributed by atoms with van der Waals surface area (Å²) >= 11 is 0. The fraction of sp³-hybridized carbons (Fsp3) is 0.381. The number of nitrogens with one attached hydrogen (secondary N) is 1. The van der Waals surface area contributed by atoms with Gasteiger partial charge in [-0.05, 0) is 38.0 Å². The molecule has 0 aliphatic carbocycles. The van der Waals surface area contributed by atoms with Gasteiger partial charge in [-0.2, -0.15) is 0 Å². The van der Waals surface area contributed by atoms with Crippen LogP contribution in [0, 0.1) is 11.7 Å². The number of amides is 2. The molecule has 1 aliphatic heterocycles. The lowest BCUT2D eigenvalue weighted by Gasteiger charge is -2.25. The summed E-state index contributed by atoms with van der Waals surface area (Å²) in [6.07, 6.45) is 0.544. The summed E-state index contributed by atoms with van der Waals surface area (Å²) in [5.74, 6) is -1.56. The summed E-state index contributed by atoms with van der Waals surface area (Å²) in [7, 11) is 1.46. The normalized spacial score (nSPS) is 22.9. The zero-order chi connectivity index (χ0) is 21.3. The van der Waals surface area contributed by atoms with Crippen molar-refractivity contribution >= 4 is 17.5 Å². The zero-order valence-electron chi connectivity index (χ0n) is 16.7. The van der Waals surface area contributed by atoms with Crippen LogP contribution in [-0.2, 0) is 9.53 Å². The molecule has 1 aromatic heterocycles. The summed E-state index contributed by atoms with van der Waals surface area (Å²) in [6, 6.07) is 7.22. The van der Waals surface area contributed by atoms with Crippen LogP contribution in [0.25, 0.3) is 0 Å². The Kier molecular flexibility index (Phi) is 5.57. The average Bonchev–Trinajstić information content (AvgIpc) is 2.91. The molecule has 2 heterocycles. The number of carbonyl (C=O) groups is 2. The first-order chi connectivity index (χ1) is 13.6. The molecule has 2 amide bonds. The van der Waals surface area contributed by atoms with E-state index < -0.39 is 23.4 Å². The highest BCUT2D eigenvalue weighted by Crippen LogP contribution is 2.48. The number of hydrogen-bond acceptors (Lipinski definition) is 5. The molecule has 0 bridgehead atoms. The fourth-order valence-electron chi connectivity index (χ4n) is 3.67. The predicted octanol–water partition coefficient (Wildman–Crippen LogP) is 2.86. The maximum absolute atomic E-state index is 13.7. The van der Waals surface area contributed by atoms with Gasteiger partial charge < -0.3 is 20.5 Å². The van der Waals surface area contributed by atoms with Crippen molar-refractivity contribution in [3.8, 4) is 5.75 Å². The van der Waals surface area contributed by atoms with Gasteiger partial charge in [0, 0.05) is 29.4 Å². The van der Waals surface area contributed by atoms with E-state index in [4.69, 9.17) is 15.2 Å². The number of pyridine rings is 1. The fourth-order valence-corrected chi connectivity index (χ4v) is 3.67. The SMILES string of the molecule is COc1cc(F)ccc1[C@H]1[C@@H](C(=O)Nc2ccnc(C(N)=O)c2)OC(C)(C)[C@@H]1C. The molecule has 1 aromatic carbocycles. The van der Waals surface area contributed by atoms with Crippen molar-refractivity contribution in [1.82, 2.24) is 4.98 Å². The van der Waals surface area contributed by atoms with E-state index in [9.17, 15) is 14.0 Å². The van der Waals surface area contributed by atoms with Gasteiger partial charge in [0.25, 0.3) is 11.8 Å². The molecule has 1 saturated heterocycles. The monoisotopic (exact) mass is 401 g/mol. The van der Waals surface area contributed by atoms with Gasteiger partial charge in [-0.3, -0.25) is 14.6 Å². The Morgan fingerprint density at radius 2 is 2.00 bits per heavy atom. The molecule has 8 heteroatoms. The second-order valence-corrected chi connectivity index (χ2v) is 7.63. The van der Waals surface area contributed by atoms with Gasteiger partial charge in [0.15, 0.2) is 0 Å². The molecule has 1 fully saturated rings. The third-order valence-corrected chi connectivity index (χ3v) is 5.49. The number of nitrogens with two attached hydrogens (primary N) is 1. The van der Waals surface area contributed by atoms with Crippen LogP contribution in [0.15, 0.2) is 36.5 Å².